The van der Waals surface area contributed by atoms with E-state index in [1.807, 2.05) is 79.7 Å². The van der Waals surface area contributed by atoms with E-state index in [1.165, 1.54) is 5.56 Å². The Balaban J connectivity index is 1.59. The molecule has 5 rings (SSSR count). The number of carbonyl (C=O) groups is 1. The summed E-state index contributed by atoms with van der Waals surface area (Å²) in [5.41, 5.74) is 5.24. The molecule has 1 aromatic heterocycles. The predicted octanol–water partition coefficient (Wildman–Crippen LogP) is 7.29. The van der Waals surface area contributed by atoms with Gasteiger partial charge < -0.3 is 0 Å². The topological polar surface area (TPSA) is 39.1 Å². The van der Waals surface area contributed by atoms with Crippen LogP contribution in [0.2, 0.25) is 0 Å². The standard InChI is InChI=1S/C31H27NO2S/c1-22-12-16-25(17-13-22)28(24-8-4-3-5-9-24)21-30(33)32-29-11-7-6-10-26(29)20-31(32)35(34)27-18-14-23(2)15-19-27/h3-20,28H,21H2,1-2H3/t28-,35?/m1/s1. The lowest BCUT2D eigenvalue weighted by Gasteiger charge is -2.19. The SMILES string of the molecule is Cc1ccc([C@H](CC(=O)n2c(S(=O)c3ccc(C)cc3)cc3ccccc32)c2ccccc2)cc1. The van der Waals surface area contributed by atoms with Crippen LogP contribution < -0.4 is 0 Å². The van der Waals surface area contributed by atoms with E-state index in [9.17, 15) is 9.00 Å². The van der Waals surface area contributed by atoms with Gasteiger partial charge in [0.2, 0.25) is 5.91 Å². The Morgan fingerprint density at radius 1 is 0.743 bits per heavy atom. The Morgan fingerprint density at radius 2 is 1.31 bits per heavy atom. The van der Waals surface area contributed by atoms with Gasteiger partial charge in [0.1, 0.15) is 15.8 Å². The largest absolute Gasteiger partial charge is 0.274 e. The second kappa shape index (κ2) is 9.85. The molecular formula is C31H27NO2S. The van der Waals surface area contributed by atoms with Crippen molar-refractivity contribution >= 4 is 27.6 Å². The molecule has 4 heteroatoms. The van der Waals surface area contributed by atoms with Crippen molar-refractivity contribution in [3.05, 3.63) is 131 Å². The van der Waals surface area contributed by atoms with Crippen LogP contribution >= 0.6 is 0 Å². The average Bonchev–Trinajstić information content (AvgIpc) is 3.28. The third-order valence-electron chi connectivity index (χ3n) is 6.41. The summed E-state index contributed by atoms with van der Waals surface area (Å²) in [5.74, 6) is -0.179. The van der Waals surface area contributed by atoms with Crippen LogP contribution in [-0.2, 0) is 10.8 Å². The van der Waals surface area contributed by atoms with Crippen LogP contribution in [0.1, 0.15) is 39.4 Å². The quantitative estimate of drug-likeness (QED) is 0.258. The number of hydrogen-bond acceptors (Lipinski definition) is 2. The Kier molecular flexibility index (Phi) is 6.47. The van der Waals surface area contributed by atoms with E-state index in [1.54, 1.807) is 4.57 Å². The summed E-state index contributed by atoms with van der Waals surface area (Å²) in [5, 5.41) is 1.42. The minimum Gasteiger partial charge on any atom is -0.274 e. The van der Waals surface area contributed by atoms with Crippen LogP contribution in [0.25, 0.3) is 10.9 Å². The molecule has 0 saturated heterocycles. The fraction of sp³-hybridized carbons (Fsp3) is 0.129. The number of aromatic nitrogens is 1. The van der Waals surface area contributed by atoms with Crippen LogP contribution in [-0.4, -0.2) is 14.7 Å². The van der Waals surface area contributed by atoms with Crippen molar-refractivity contribution in [2.75, 3.05) is 0 Å². The van der Waals surface area contributed by atoms with E-state index in [0.29, 0.717) is 9.92 Å². The number of carbonyl (C=O) groups excluding carboxylic acids is 1. The first kappa shape index (κ1) is 23.0. The van der Waals surface area contributed by atoms with Crippen LogP contribution in [0.15, 0.2) is 119 Å². The number of hydrogen-bond donors (Lipinski definition) is 0. The van der Waals surface area contributed by atoms with Crippen LogP contribution in [0.3, 0.4) is 0 Å². The molecule has 0 radical (unpaired) electrons. The molecule has 0 spiro atoms. The Hall–Kier alpha value is -3.76. The lowest BCUT2D eigenvalue weighted by Crippen LogP contribution is -2.18. The molecule has 0 aliphatic carbocycles. The van der Waals surface area contributed by atoms with Gasteiger partial charge in [-0.3, -0.25) is 9.36 Å². The summed E-state index contributed by atoms with van der Waals surface area (Å²) in [6.07, 6.45) is 0.268. The fourth-order valence-electron chi connectivity index (χ4n) is 4.48. The average molecular weight is 478 g/mol. The molecule has 4 aromatic carbocycles. The van der Waals surface area contributed by atoms with Crippen LogP contribution in [0, 0.1) is 13.8 Å². The van der Waals surface area contributed by atoms with Crippen molar-refractivity contribution in [1.82, 2.24) is 4.57 Å². The highest BCUT2D eigenvalue weighted by Gasteiger charge is 2.24. The summed E-state index contributed by atoms with van der Waals surface area (Å²) in [6.45, 7) is 4.06. The van der Waals surface area contributed by atoms with E-state index in [2.05, 4.69) is 43.3 Å². The maximum atomic E-state index is 14.0. The molecule has 1 heterocycles. The second-order valence-electron chi connectivity index (χ2n) is 8.93. The van der Waals surface area contributed by atoms with Crippen LogP contribution in [0.4, 0.5) is 0 Å². The molecule has 0 N–H and O–H groups in total. The number of benzene rings is 4. The summed E-state index contributed by atoms with van der Waals surface area (Å²) in [7, 11) is -1.48. The van der Waals surface area contributed by atoms with Gasteiger partial charge in [0, 0.05) is 22.6 Å². The molecule has 0 fully saturated rings. The molecule has 5 aromatic rings. The Morgan fingerprint density at radius 3 is 2.00 bits per heavy atom. The number of nitrogens with zero attached hydrogens (tertiary/aromatic N) is 1. The molecule has 0 saturated carbocycles. The molecule has 3 nitrogen and oxygen atoms in total. The van der Waals surface area contributed by atoms with Gasteiger partial charge in [-0.05, 0) is 49.2 Å². The summed E-state index contributed by atoms with van der Waals surface area (Å²) < 4.78 is 15.3. The Labute approximate surface area is 208 Å². The highest BCUT2D eigenvalue weighted by Crippen LogP contribution is 2.32. The van der Waals surface area contributed by atoms with Crippen molar-refractivity contribution in [3.63, 3.8) is 0 Å². The monoisotopic (exact) mass is 477 g/mol. The van der Waals surface area contributed by atoms with Crippen molar-refractivity contribution in [3.8, 4) is 0 Å². The van der Waals surface area contributed by atoms with Gasteiger partial charge in [0.05, 0.1) is 5.52 Å². The van der Waals surface area contributed by atoms with E-state index in [-0.39, 0.29) is 18.2 Å². The first-order chi connectivity index (χ1) is 17.0. The minimum absolute atomic E-state index is 0.0731. The minimum atomic E-state index is -1.48. The van der Waals surface area contributed by atoms with Crippen molar-refractivity contribution < 1.29 is 9.00 Å². The third kappa shape index (κ3) is 4.75. The smallest absolute Gasteiger partial charge is 0.233 e. The maximum absolute atomic E-state index is 14.0. The summed E-state index contributed by atoms with van der Waals surface area (Å²) in [4.78, 5) is 14.7. The van der Waals surface area contributed by atoms with E-state index in [0.717, 1.165) is 27.6 Å². The number of rotatable bonds is 6. The number of aryl methyl sites for hydroxylation is 2. The zero-order chi connectivity index (χ0) is 24.4. The van der Waals surface area contributed by atoms with E-state index >= 15 is 0 Å². The highest BCUT2D eigenvalue weighted by molar-refractivity contribution is 7.85. The fourth-order valence-corrected chi connectivity index (χ4v) is 5.71. The van der Waals surface area contributed by atoms with Crippen LogP contribution in [0.5, 0.6) is 0 Å². The molecule has 35 heavy (non-hydrogen) atoms. The van der Waals surface area contributed by atoms with Gasteiger partial charge in [-0.25, -0.2) is 4.21 Å². The van der Waals surface area contributed by atoms with Crippen molar-refractivity contribution in [1.29, 1.82) is 0 Å². The Bertz CT molecular complexity index is 1500. The van der Waals surface area contributed by atoms with Gasteiger partial charge in [-0.1, -0.05) is 96.1 Å². The zero-order valence-electron chi connectivity index (χ0n) is 19.8. The molecule has 174 valence electrons. The van der Waals surface area contributed by atoms with Gasteiger partial charge in [0.25, 0.3) is 0 Å². The lowest BCUT2D eigenvalue weighted by atomic mass is 9.88. The van der Waals surface area contributed by atoms with Crippen molar-refractivity contribution in [2.24, 2.45) is 0 Å². The molecule has 0 amide bonds. The summed E-state index contributed by atoms with van der Waals surface area (Å²) in [6, 6.07) is 35.7. The van der Waals surface area contributed by atoms with Crippen molar-refractivity contribution in [2.45, 2.75) is 36.1 Å². The number of para-hydroxylation sites is 1. The normalized spacial score (nSPS) is 13.0. The van der Waals surface area contributed by atoms with E-state index in [4.69, 9.17) is 0 Å². The predicted molar refractivity (Wildman–Crippen MR) is 142 cm³/mol. The third-order valence-corrected chi connectivity index (χ3v) is 7.79. The first-order valence-electron chi connectivity index (χ1n) is 11.7. The summed E-state index contributed by atoms with van der Waals surface area (Å²) >= 11 is 0. The first-order valence-corrected chi connectivity index (χ1v) is 12.9. The number of fused-ring (bicyclic) bond motifs is 1. The maximum Gasteiger partial charge on any atom is 0.233 e. The van der Waals surface area contributed by atoms with Gasteiger partial charge >= 0.3 is 0 Å². The molecular weight excluding hydrogens is 450 g/mol. The van der Waals surface area contributed by atoms with Gasteiger partial charge in [-0.15, -0.1) is 0 Å². The van der Waals surface area contributed by atoms with Gasteiger partial charge in [0.15, 0.2) is 0 Å². The second-order valence-corrected chi connectivity index (χ2v) is 10.4. The molecule has 0 bridgehead atoms. The zero-order valence-corrected chi connectivity index (χ0v) is 20.7. The molecule has 2 atom stereocenters. The van der Waals surface area contributed by atoms with E-state index < -0.39 is 10.8 Å². The molecule has 0 aliphatic rings. The highest BCUT2D eigenvalue weighted by atomic mass is 32.2. The molecule has 0 aliphatic heterocycles. The lowest BCUT2D eigenvalue weighted by molar-refractivity contribution is 0.0893. The van der Waals surface area contributed by atoms with Gasteiger partial charge in [-0.2, -0.15) is 0 Å². The molecule has 1 unspecified atom stereocenters.